The van der Waals surface area contributed by atoms with Gasteiger partial charge < -0.3 is 14.9 Å². The average molecular weight is 252 g/mol. The second-order valence-corrected chi connectivity index (χ2v) is 4.36. The number of phenols is 1. The van der Waals surface area contributed by atoms with Crippen LogP contribution in [0.25, 0.3) is 0 Å². The molecule has 0 aliphatic carbocycles. The van der Waals surface area contributed by atoms with E-state index in [0.29, 0.717) is 13.1 Å². The Morgan fingerprint density at radius 1 is 1.33 bits per heavy atom. The summed E-state index contributed by atoms with van der Waals surface area (Å²) in [6.07, 6.45) is 0. The van der Waals surface area contributed by atoms with Gasteiger partial charge in [0.05, 0.1) is 0 Å². The van der Waals surface area contributed by atoms with Gasteiger partial charge in [-0.25, -0.2) is 4.39 Å². The first kappa shape index (κ1) is 12.8. The van der Waals surface area contributed by atoms with E-state index in [0.717, 1.165) is 19.6 Å². The lowest BCUT2D eigenvalue weighted by Gasteiger charge is -2.34. The zero-order chi connectivity index (χ0) is 13.1. The molecule has 1 saturated heterocycles. The number of carbonyl (C=O) groups excluding carboxylic acids is 1. The molecule has 1 N–H and O–H groups in total. The van der Waals surface area contributed by atoms with Crippen LogP contribution in [0.1, 0.15) is 17.3 Å². The van der Waals surface area contributed by atoms with Crippen LogP contribution in [-0.4, -0.2) is 53.5 Å². The number of aromatic hydroxyl groups is 1. The molecule has 4 nitrogen and oxygen atoms in total. The van der Waals surface area contributed by atoms with Crippen LogP contribution in [0.4, 0.5) is 4.39 Å². The van der Waals surface area contributed by atoms with Crippen molar-refractivity contribution in [2.45, 2.75) is 6.92 Å². The predicted molar refractivity (Wildman–Crippen MR) is 66.1 cm³/mol. The van der Waals surface area contributed by atoms with E-state index in [2.05, 4.69) is 11.8 Å². The van der Waals surface area contributed by atoms with E-state index < -0.39 is 11.7 Å². The Morgan fingerprint density at radius 3 is 2.56 bits per heavy atom. The number of carbonyl (C=O) groups is 1. The van der Waals surface area contributed by atoms with Gasteiger partial charge in [-0.05, 0) is 18.7 Å². The molecule has 0 spiro atoms. The van der Waals surface area contributed by atoms with Crippen LogP contribution in [0.2, 0.25) is 0 Å². The van der Waals surface area contributed by atoms with E-state index >= 15 is 0 Å². The van der Waals surface area contributed by atoms with Crippen LogP contribution >= 0.6 is 0 Å². The predicted octanol–water partition coefficient (Wildman–Crippen LogP) is 1.31. The summed E-state index contributed by atoms with van der Waals surface area (Å²) in [5.74, 6) is -1.39. The fraction of sp³-hybridized carbons (Fsp3) is 0.462. The molecule has 0 saturated carbocycles. The fourth-order valence-corrected chi connectivity index (χ4v) is 2.15. The first-order chi connectivity index (χ1) is 8.63. The highest BCUT2D eigenvalue weighted by molar-refractivity contribution is 5.97. The van der Waals surface area contributed by atoms with Crippen molar-refractivity contribution in [3.8, 4) is 5.75 Å². The SMILES string of the molecule is CCN1CCN(C(=O)c2c(O)cccc2F)CC1. The van der Waals surface area contributed by atoms with E-state index in [1.807, 2.05) is 0 Å². The maximum atomic E-state index is 13.6. The van der Waals surface area contributed by atoms with Gasteiger partial charge in [0.2, 0.25) is 0 Å². The summed E-state index contributed by atoms with van der Waals surface area (Å²) in [5, 5.41) is 9.59. The van der Waals surface area contributed by atoms with Crippen molar-refractivity contribution in [3.05, 3.63) is 29.6 Å². The molecule has 0 aromatic heterocycles. The number of rotatable bonds is 2. The monoisotopic (exact) mass is 252 g/mol. The van der Waals surface area contributed by atoms with E-state index in [1.165, 1.54) is 18.2 Å². The number of phenolic OH excluding ortho intramolecular Hbond substituents is 1. The van der Waals surface area contributed by atoms with Gasteiger partial charge >= 0.3 is 0 Å². The Kier molecular flexibility index (Phi) is 3.81. The highest BCUT2D eigenvalue weighted by Gasteiger charge is 2.25. The van der Waals surface area contributed by atoms with Gasteiger partial charge in [-0.2, -0.15) is 0 Å². The Bertz CT molecular complexity index is 422. The van der Waals surface area contributed by atoms with Gasteiger partial charge in [0.25, 0.3) is 5.91 Å². The van der Waals surface area contributed by atoms with Crippen molar-refractivity contribution in [3.63, 3.8) is 0 Å². The van der Waals surface area contributed by atoms with Crippen LogP contribution in [-0.2, 0) is 0 Å². The molecular weight excluding hydrogens is 235 g/mol. The number of amides is 1. The quantitative estimate of drug-likeness (QED) is 0.863. The van der Waals surface area contributed by atoms with Crippen molar-refractivity contribution >= 4 is 5.91 Å². The second kappa shape index (κ2) is 5.35. The lowest BCUT2D eigenvalue weighted by molar-refractivity contribution is 0.0635. The number of hydrogen-bond acceptors (Lipinski definition) is 3. The molecule has 1 aromatic rings. The Hall–Kier alpha value is -1.62. The number of likely N-dealkylation sites (N-methyl/N-ethyl adjacent to an activating group) is 1. The zero-order valence-electron chi connectivity index (χ0n) is 10.4. The smallest absolute Gasteiger partial charge is 0.260 e. The van der Waals surface area contributed by atoms with Crippen LogP contribution in [0, 0.1) is 5.82 Å². The van der Waals surface area contributed by atoms with Gasteiger partial charge in [-0.15, -0.1) is 0 Å². The minimum Gasteiger partial charge on any atom is -0.507 e. The van der Waals surface area contributed by atoms with Crippen molar-refractivity contribution in [1.29, 1.82) is 0 Å². The standard InChI is InChI=1S/C13H17FN2O2/c1-2-15-6-8-16(9-7-15)13(18)12-10(14)4-3-5-11(12)17/h3-5,17H,2,6-9H2,1H3. The third kappa shape index (κ3) is 2.46. The second-order valence-electron chi connectivity index (χ2n) is 4.36. The molecule has 1 aromatic carbocycles. The normalized spacial score (nSPS) is 16.9. The van der Waals surface area contributed by atoms with Crippen LogP contribution < -0.4 is 0 Å². The highest BCUT2D eigenvalue weighted by atomic mass is 19.1. The maximum absolute atomic E-state index is 13.6. The summed E-state index contributed by atoms with van der Waals surface area (Å²) in [6.45, 7) is 5.74. The van der Waals surface area contributed by atoms with Crippen LogP contribution in [0.15, 0.2) is 18.2 Å². The highest BCUT2D eigenvalue weighted by Crippen LogP contribution is 2.22. The summed E-state index contributed by atoms with van der Waals surface area (Å²) in [5.41, 5.74) is -0.220. The van der Waals surface area contributed by atoms with Crippen molar-refractivity contribution < 1.29 is 14.3 Å². The topological polar surface area (TPSA) is 43.8 Å². The molecule has 0 radical (unpaired) electrons. The van der Waals surface area contributed by atoms with E-state index in [9.17, 15) is 14.3 Å². The van der Waals surface area contributed by atoms with E-state index in [4.69, 9.17) is 0 Å². The molecule has 1 amide bonds. The Labute approximate surface area is 106 Å². The summed E-state index contributed by atoms with van der Waals surface area (Å²) in [4.78, 5) is 16.0. The molecule has 1 heterocycles. The average Bonchev–Trinajstić information content (AvgIpc) is 2.38. The molecule has 0 unspecified atom stereocenters. The number of piperazine rings is 1. The number of benzene rings is 1. The van der Waals surface area contributed by atoms with Gasteiger partial charge in [-0.1, -0.05) is 13.0 Å². The minimum atomic E-state index is -0.669. The lowest BCUT2D eigenvalue weighted by atomic mass is 10.1. The number of nitrogens with zero attached hydrogens (tertiary/aromatic N) is 2. The zero-order valence-corrected chi connectivity index (χ0v) is 10.4. The van der Waals surface area contributed by atoms with Gasteiger partial charge in [0.1, 0.15) is 17.1 Å². The molecule has 5 heteroatoms. The molecule has 0 atom stereocenters. The molecule has 18 heavy (non-hydrogen) atoms. The third-order valence-electron chi connectivity index (χ3n) is 3.31. The summed E-state index contributed by atoms with van der Waals surface area (Å²) in [7, 11) is 0. The molecule has 1 fully saturated rings. The van der Waals surface area contributed by atoms with Crippen molar-refractivity contribution in [1.82, 2.24) is 9.80 Å². The van der Waals surface area contributed by atoms with Gasteiger partial charge in [-0.3, -0.25) is 4.79 Å². The van der Waals surface area contributed by atoms with E-state index in [-0.39, 0.29) is 11.3 Å². The third-order valence-corrected chi connectivity index (χ3v) is 3.31. The number of halogens is 1. The first-order valence-electron chi connectivity index (χ1n) is 6.12. The van der Waals surface area contributed by atoms with Crippen molar-refractivity contribution in [2.75, 3.05) is 32.7 Å². The Morgan fingerprint density at radius 2 is 2.00 bits per heavy atom. The summed E-state index contributed by atoms with van der Waals surface area (Å²) in [6, 6.07) is 3.91. The van der Waals surface area contributed by atoms with Gasteiger partial charge in [0, 0.05) is 26.2 Å². The molecule has 2 rings (SSSR count). The number of hydrogen-bond donors (Lipinski definition) is 1. The van der Waals surface area contributed by atoms with E-state index in [1.54, 1.807) is 4.90 Å². The molecule has 1 aliphatic heterocycles. The maximum Gasteiger partial charge on any atom is 0.260 e. The Balaban J connectivity index is 2.13. The minimum absolute atomic E-state index is 0.220. The first-order valence-corrected chi connectivity index (χ1v) is 6.12. The largest absolute Gasteiger partial charge is 0.507 e. The van der Waals surface area contributed by atoms with Gasteiger partial charge in [0.15, 0.2) is 0 Å². The lowest BCUT2D eigenvalue weighted by Crippen LogP contribution is -2.48. The molecule has 0 bridgehead atoms. The summed E-state index contributed by atoms with van der Waals surface area (Å²) >= 11 is 0. The molecule has 98 valence electrons. The van der Waals surface area contributed by atoms with Crippen LogP contribution in [0.5, 0.6) is 5.75 Å². The fourth-order valence-electron chi connectivity index (χ4n) is 2.15. The van der Waals surface area contributed by atoms with Crippen LogP contribution in [0.3, 0.4) is 0 Å². The summed E-state index contributed by atoms with van der Waals surface area (Å²) < 4.78 is 13.6. The molecular formula is C13H17FN2O2. The molecule has 1 aliphatic rings. The van der Waals surface area contributed by atoms with Crippen molar-refractivity contribution in [2.24, 2.45) is 0 Å².